The minimum atomic E-state index is -3.03. The highest BCUT2D eigenvalue weighted by Gasteiger charge is 2.24. The smallest absolute Gasteiger partial charge is 0.199 e. The van der Waals surface area contributed by atoms with Crippen LogP contribution in [0.5, 0.6) is 0 Å². The highest BCUT2D eigenvalue weighted by molar-refractivity contribution is 8.66. The van der Waals surface area contributed by atoms with Gasteiger partial charge >= 0.3 is 0 Å². The van der Waals surface area contributed by atoms with Crippen LogP contribution < -0.4 is 0 Å². The van der Waals surface area contributed by atoms with Crippen molar-refractivity contribution in [2.24, 2.45) is 11.8 Å². The number of hydrogen-bond donors (Lipinski definition) is 3. The van der Waals surface area contributed by atoms with Crippen LogP contribution >= 0.6 is 17.9 Å². The number of hydrogen-bond acceptors (Lipinski definition) is 0. The van der Waals surface area contributed by atoms with Crippen LogP contribution in [0.2, 0.25) is 0 Å². The zero-order valence-corrected chi connectivity index (χ0v) is 14.5. The molecule has 5 heteroatoms. The van der Waals surface area contributed by atoms with Gasteiger partial charge in [0.1, 0.15) is 0 Å². The molecule has 2 unspecified atom stereocenters. The summed E-state index contributed by atoms with van der Waals surface area (Å²) in [5.74, 6) is 1.18. The number of rotatable bonds is 6. The summed E-state index contributed by atoms with van der Waals surface area (Å²) < 4.78 is 0. The molecule has 0 amide bonds. The highest BCUT2D eigenvalue weighted by atomic mass is 32.9. The van der Waals surface area contributed by atoms with Crippen LogP contribution in [0.25, 0.3) is 0 Å². The summed E-state index contributed by atoms with van der Waals surface area (Å²) in [5, 5.41) is 0.675. The molecule has 0 aromatic carbocycles. The summed E-state index contributed by atoms with van der Waals surface area (Å²) >= 11 is 4.11. The second kappa shape index (κ2) is 7.59. The van der Waals surface area contributed by atoms with Crippen molar-refractivity contribution >= 4 is 28.0 Å². The third-order valence-corrected chi connectivity index (χ3v) is 10.9. The van der Waals surface area contributed by atoms with Crippen molar-refractivity contribution in [2.45, 2.75) is 64.9 Å². The van der Waals surface area contributed by atoms with Crippen LogP contribution in [0, 0.1) is 11.8 Å². The lowest BCUT2D eigenvalue weighted by atomic mass is 10.1. The van der Waals surface area contributed by atoms with Crippen molar-refractivity contribution in [1.29, 1.82) is 0 Å². The third kappa shape index (κ3) is 7.27. The fourth-order valence-corrected chi connectivity index (χ4v) is 11.6. The number of thiol groups is 1. The molecule has 17 heavy (non-hydrogen) atoms. The molecular formula is C12H29O2PS2. The lowest BCUT2D eigenvalue weighted by Crippen LogP contribution is -2.24. The maximum Gasteiger partial charge on any atom is 0.199 e. The lowest BCUT2D eigenvalue weighted by Gasteiger charge is -2.29. The van der Waals surface area contributed by atoms with Gasteiger partial charge in [-0.25, -0.2) is 0 Å². The molecule has 0 radical (unpaired) electrons. The van der Waals surface area contributed by atoms with Crippen molar-refractivity contribution in [1.82, 2.24) is 0 Å². The molecule has 2 N–H and O–H groups in total. The predicted molar refractivity (Wildman–Crippen MR) is 85.5 cm³/mol. The Bertz CT molecular complexity index is 258. The first kappa shape index (κ1) is 18.0. The van der Waals surface area contributed by atoms with E-state index in [0.29, 0.717) is 22.3 Å². The van der Waals surface area contributed by atoms with Crippen LogP contribution in [-0.2, 0) is 10.1 Å². The minimum Gasteiger partial charge on any atom is -0.341 e. The van der Waals surface area contributed by atoms with E-state index in [1.165, 1.54) is 0 Å². The quantitative estimate of drug-likeness (QED) is 0.511. The molecule has 0 spiro atoms. The molecule has 0 rings (SSSR count). The van der Waals surface area contributed by atoms with E-state index in [1.807, 2.05) is 0 Å². The van der Waals surface area contributed by atoms with Gasteiger partial charge in [-0.15, -0.1) is 10.1 Å². The Hall–Kier alpha value is 1.05. The Morgan fingerprint density at radius 3 is 1.35 bits per heavy atom. The standard InChI is InChI=1S/C12H29O2PS2/c1-9(2)7-11(5)17(15(13,14)16)12(6)8-10(3)4/h9-14,16H,7-8H2,1-6H3. The largest absolute Gasteiger partial charge is 0.341 e. The zero-order valence-electron chi connectivity index (χ0n) is 11.9. The van der Waals surface area contributed by atoms with Crippen LogP contribution in [0.3, 0.4) is 0 Å². The maximum atomic E-state index is 9.99. The molecule has 2 nitrogen and oxygen atoms in total. The van der Waals surface area contributed by atoms with Crippen LogP contribution in [-0.4, -0.2) is 20.3 Å². The van der Waals surface area contributed by atoms with Crippen molar-refractivity contribution in [3.63, 3.8) is 0 Å². The molecule has 0 fully saturated rings. The van der Waals surface area contributed by atoms with Gasteiger partial charge in [0.15, 0.2) is 5.69 Å². The Morgan fingerprint density at radius 2 is 1.18 bits per heavy atom. The highest BCUT2D eigenvalue weighted by Crippen LogP contribution is 2.50. The Morgan fingerprint density at radius 1 is 0.882 bits per heavy atom. The molecule has 0 saturated carbocycles. The van der Waals surface area contributed by atoms with Gasteiger partial charge in [-0.3, -0.25) is 0 Å². The van der Waals surface area contributed by atoms with Crippen molar-refractivity contribution in [2.75, 3.05) is 0 Å². The molecule has 0 aliphatic heterocycles. The third-order valence-electron chi connectivity index (χ3n) is 2.71. The van der Waals surface area contributed by atoms with E-state index in [4.69, 9.17) is 0 Å². The average molecular weight is 300 g/mol. The van der Waals surface area contributed by atoms with Crippen LogP contribution in [0.4, 0.5) is 0 Å². The van der Waals surface area contributed by atoms with Gasteiger partial charge in [-0.2, -0.15) is 0 Å². The molecule has 0 aromatic rings. The predicted octanol–water partition coefficient (Wildman–Crippen LogP) is 4.07. The van der Waals surface area contributed by atoms with E-state index < -0.39 is 5.69 Å². The minimum absolute atomic E-state index is 0.338. The first-order valence-corrected chi connectivity index (χ1v) is 11.2. The molecule has 0 aliphatic carbocycles. The fraction of sp³-hybridized carbons (Fsp3) is 1.00. The molecule has 0 aromatic heterocycles. The van der Waals surface area contributed by atoms with Gasteiger partial charge in [0.25, 0.3) is 0 Å². The summed E-state index contributed by atoms with van der Waals surface area (Å²) in [6.45, 7) is 13.0. The lowest BCUT2D eigenvalue weighted by molar-refractivity contribution is 0.500. The van der Waals surface area contributed by atoms with Gasteiger partial charge in [0.05, 0.1) is 0 Å². The summed E-state index contributed by atoms with van der Waals surface area (Å²) in [6.07, 6.45) is 2.07. The molecule has 0 aliphatic rings. The Labute approximate surface area is 114 Å². The van der Waals surface area contributed by atoms with E-state index in [1.54, 1.807) is 0 Å². The molecule has 106 valence electrons. The van der Waals surface area contributed by atoms with Gasteiger partial charge in [0.2, 0.25) is 0 Å². The maximum absolute atomic E-state index is 9.99. The second-order valence-corrected chi connectivity index (χ2v) is 14.3. The van der Waals surface area contributed by atoms with Crippen molar-refractivity contribution < 1.29 is 9.79 Å². The topological polar surface area (TPSA) is 40.5 Å². The first-order valence-electron chi connectivity index (χ1n) is 6.35. The molecule has 0 bridgehead atoms. The summed E-state index contributed by atoms with van der Waals surface area (Å²) in [5.41, 5.74) is -3.03. The summed E-state index contributed by atoms with van der Waals surface area (Å²) in [4.78, 5) is 20.0. The Kier molecular flexibility index (Phi) is 8.06. The summed E-state index contributed by atoms with van der Waals surface area (Å²) in [7, 11) is -0.386. The summed E-state index contributed by atoms with van der Waals surface area (Å²) in [6, 6.07) is 0. The molecular weight excluding hydrogens is 271 g/mol. The SMILES string of the molecule is CC(C)CC(C)S(C(C)CC(C)C)=P(O)(O)S. The molecule has 0 heterocycles. The van der Waals surface area contributed by atoms with Crippen LogP contribution in [0.1, 0.15) is 54.4 Å². The molecule has 2 atom stereocenters. The van der Waals surface area contributed by atoms with Crippen molar-refractivity contribution in [3.05, 3.63) is 0 Å². The van der Waals surface area contributed by atoms with Crippen LogP contribution in [0.15, 0.2) is 0 Å². The molecule has 0 saturated heterocycles. The van der Waals surface area contributed by atoms with Gasteiger partial charge in [-0.1, -0.05) is 53.8 Å². The van der Waals surface area contributed by atoms with Gasteiger partial charge < -0.3 is 9.79 Å². The second-order valence-electron chi connectivity index (χ2n) is 5.74. The van der Waals surface area contributed by atoms with Gasteiger partial charge in [-0.05, 0) is 24.7 Å². The van der Waals surface area contributed by atoms with Gasteiger partial charge in [0, 0.05) is 10.5 Å². The van der Waals surface area contributed by atoms with E-state index in [2.05, 4.69) is 53.8 Å². The Balaban J connectivity index is 5.05. The van der Waals surface area contributed by atoms with E-state index >= 15 is 0 Å². The average Bonchev–Trinajstić information content (AvgIpc) is 1.95. The van der Waals surface area contributed by atoms with E-state index in [-0.39, 0.29) is 10.1 Å². The van der Waals surface area contributed by atoms with E-state index in [0.717, 1.165) is 12.8 Å². The van der Waals surface area contributed by atoms with Crippen molar-refractivity contribution in [3.8, 4) is 0 Å². The first-order chi connectivity index (χ1) is 7.55. The van der Waals surface area contributed by atoms with E-state index in [9.17, 15) is 9.79 Å². The fourth-order valence-electron chi connectivity index (χ4n) is 2.40. The normalized spacial score (nSPS) is 18.5. The zero-order chi connectivity index (χ0) is 13.8. The monoisotopic (exact) mass is 300 g/mol.